The lowest BCUT2D eigenvalue weighted by atomic mass is 10.0. The van der Waals surface area contributed by atoms with E-state index >= 15 is 0 Å². The van der Waals surface area contributed by atoms with Crippen molar-refractivity contribution >= 4 is 0 Å². The molecule has 1 aliphatic heterocycles. The predicted octanol–water partition coefficient (Wildman–Crippen LogP) is 0.904. The molecule has 0 amide bonds. The highest BCUT2D eigenvalue weighted by Crippen LogP contribution is 2.22. The lowest BCUT2D eigenvalue weighted by Gasteiger charge is -2.34. The summed E-state index contributed by atoms with van der Waals surface area (Å²) in [6.45, 7) is 4.45. The maximum Gasteiger partial charge on any atom is 0.0549 e. The zero-order valence-corrected chi connectivity index (χ0v) is 9.56. The molecule has 1 atom stereocenters. The molecule has 15 heavy (non-hydrogen) atoms. The standard InChI is InChI=1S/C11H20N4/c1-9(11-3-6-13-14(11)2)15-7-4-10(12)5-8-15/h3,6,9-10H,4-5,7-8,12H2,1-2H3. The van der Waals surface area contributed by atoms with Gasteiger partial charge in [-0.2, -0.15) is 5.10 Å². The van der Waals surface area contributed by atoms with Crippen LogP contribution in [0.2, 0.25) is 0 Å². The number of likely N-dealkylation sites (tertiary alicyclic amines) is 1. The van der Waals surface area contributed by atoms with E-state index in [0.717, 1.165) is 25.9 Å². The van der Waals surface area contributed by atoms with Crippen molar-refractivity contribution in [2.45, 2.75) is 31.8 Å². The van der Waals surface area contributed by atoms with Gasteiger partial charge in [0.1, 0.15) is 0 Å². The van der Waals surface area contributed by atoms with Gasteiger partial charge in [0.05, 0.1) is 5.69 Å². The van der Waals surface area contributed by atoms with Crippen LogP contribution in [0.5, 0.6) is 0 Å². The topological polar surface area (TPSA) is 47.1 Å². The van der Waals surface area contributed by atoms with Gasteiger partial charge in [-0.1, -0.05) is 0 Å². The quantitative estimate of drug-likeness (QED) is 0.785. The third kappa shape index (κ3) is 2.21. The van der Waals surface area contributed by atoms with E-state index in [4.69, 9.17) is 5.73 Å². The Morgan fingerprint density at radius 2 is 2.13 bits per heavy atom. The number of nitrogens with zero attached hydrogens (tertiary/aromatic N) is 3. The SMILES string of the molecule is CC(c1ccnn1C)N1CCC(N)CC1. The number of piperidine rings is 1. The summed E-state index contributed by atoms with van der Waals surface area (Å²) in [7, 11) is 2.00. The molecule has 4 nitrogen and oxygen atoms in total. The van der Waals surface area contributed by atoms with Crippen molar-refractivity contribution in [3.05, 3.63) is 18.0 Å². The molecule has 2 rings (SSSR count). The van der Waals surface area contributed by atoms with Crippen LogP contribution in [-0.4, -0.2) is 33.8 Å². The molecule has 0 saturated carbocycles. The Bertz CT molecular complexity index is 312. The molecule has 0 spiro atoms. The van der Waals surface area contributed by atoms with Gasteiger partial charge in [-0.05, 0) is 25.8 Å². The van der Waals surface area contributed by atoms with Crippen molar-refractivity contribution in [2.24, 2.45) is 12.8 Å². The molecule has 1 aliphatic rings. The summed E-state index contributed by atoms with van der Waals surface area (Å²) in [4.78, 5) is 2.49. The van der Waals surface area contributed by atoms with Crippen LogP contribution in [0.4, 0.5) is 0 Å². The maximum atomic E-state index is 5.90. The van der Waals surface area contributed by atoms with Crippen molar-refractivity contribution in [1.29, 1.82) is 0 Å². The van der Waals surface area contributed by atoms with Crippen LogP contribution in [0.15, 0.2) is 12.3 Å². The van der Waals surface area contributed by atoms with E-state index in [1.165, 1.54) is 5.69 Å². The second-order valence-electron chi connectivity index (χ2n) is 4.43. The molecule has 0 aromatic carbocycles. The zero-order chi connectivity index (χ0) is 10.8. The number of aryl methyl sites for hydroxylation is 1. The van der Waals surface area contributed by atoms with Crippen LogP contribution in [0.3, 0.4) is 0 Å². The smallest absolute Gasteiger partial charge is 0.0549 e. The van der Waals surface area contributed by atoms with Gasteiger partial charge in [-0.3, -0.25) is 9.58 Å². The van der Waals surface area contributed by atoms with Gasteiger partial charge in [0, 0.05) is 38.4 Å². The van der Waals surface area contributed by atoms with E-state index < -0.39 is 0 Å². The van der Waals surface area contributed by atoms with E-state index in [1.807, 2.05) is 17.9 Å². The van der Waals surface area contributed by atoms with Crippen molar-refractivity contribution in [3.8, 4) is 0 Å². The van der Waals surface area contributed by atoms with Crippen LogP contribution in [-0.2, 0) is 7.05 Å². The van der Waals surface area contributed by atoms with Gasteiger partial charge in [0.25, 0.3) is 0 Å². The van der Waals surface area contributed by atoms with Crippen LogP contribution in [0.25, 0.3) is 0 Å². The minimum absolute atomic E-state index is 0.403. The molecular formula is C11H20N4. The minimum Gasteiger partial charge on any atom is -0.328 e. The monoisotopic (exact) mass is 208 g/mol. The molecule has 1 aromatic rings. The first-order valence-electron chi connectivity index (χ1n) is 5.66. The third-order valence-electron chi connectivity index (χ3n) is 3.41. The average molecular weight is 208 g/mol. The van der Waals surface area contributed by atoms with Gasteiger partial charge in [-0.15, -0.1) is 0 Å². The number of hydrogen-bond acceptors (Lipinski definition) is 3. The van der Waals surface area contributed by atoms with Crippen LogP contribution in [0.1, 0.15) is 31.5 Å². The van der Waals surface area contributed by atoms with Crippen LogP contribution < -0.4 is 5.73 Å². The molecule has 1 fully saturated rings. The van der Waals surface area contributed by atoms with Gasteiger partial charge in [-0.25, -0.2) is 0 Å². The lowest BCUT2D eigenvalue weighted by molar-refractivity contribution is 0.158. The highest BCUT2D eigenvalue weighted by atomic mass is 15.3. The van der Waals surface area contributed by atoms with Crippen LogP contribution >= 0.6 is 0 Å². The van der Waals surface area contributed by atoms with E-state index in [9.17, 15) is 0 Å². The molecule has 0 aliphatic carbocycles. The van der Waals surface area contributed by atoms with Gasteiger partial charge in [0.15, 0.2) is 0 Å². The molecule has 4 heteroatoms. The molecule has 1 saturated heterocycles. The Kier molecular flexibility index (Phi) is 3.07. The summed E-state index contributed by atoms with van der Waals surface area (Å²) in [6, 6.07) is 2.95. The van der Waals surface area contributed by atoms with Gasteiger partial charge < -0.3 is 5.73 Å². The fraction of sp³-hybridized carbons (Fsp3) is 0.727. The maximum absolute atomic E-state index is 5.90. The Hall–Kier alpha value is -0.870. The van der Waals surface area contributed by atoms with E-state index in [0.29, 0.717) is 12.1 Å². The van der Waals surface area contributed by atoms with Gasteiger partial charge >= 0.3 is 0 Å². The summed E-state index contributed by atoms with van der Waals surface area (Å²) in [6.07, 6.45) is 4.09. The summed E-state index contributed by atoms with van der Waals surface area (Å²) in [5.41, 5.74) is 7.18. The Morgan fingerprint density at radius 3 is 2.67 bits per heavy atom. The van der Waals surface area contributed by atoms with E-state index in [-0.39, 0.29) is 0 Å². The fourth-order valence-electron chi connectivity index (χ4n) is 2.29. The number of hydrogen-bond donors (Lipinski definition) is 1. The van der Waals surface area contributed by atoms with E-state index in [1.54, 1.807) is 0 Å². The van der Waals surface area contributed by atoms with E-state index in [2.05, 4.69) is 23.0 Å². The van der Waals surface area contributed by atoms with Crippen molar-refractivity contribution in [1.82, 2.24) is 14.7 Å². The molecule has 0 bridgehead atoms. The summed E-state index contributed by atoms with van der Waals surface area (Å²) < 4.78 is 1.96. The number of nitrogens with two attached hydrogens (primary N) is 1. The number of rotatable bonds is 2. The lowest BCUT2D eigenvalue weighted by Crippen LogP contribution is -2.41. The van der Waals surface area contributed by atoms with Crippen molar-refractivity contribution in [3.63, 3.8) is 0 Å². The highest BCUT2D eigenvalue weighted by Gasteiger charge is 2.22. The molecule has 84 valence electrons. The second-order valence-corrected chi connectivity index (χ2v) is 4.43. The normalized spacial score (nSPS) is 21.8. The zero-order valence-electron chi connectivity index (χ0n) is 9.56. The highest BCUT2D eigenvalue weighted by molar-refractivity contribution is 5.06. The average Bonchev–Trinajstić information content (AvgIpc) is 2.65. The summed E-state index contributed by atoms with van der Waals surface area (Å²) >= 11 is 0. The Morgan fingerprint density at radius 1 is 1.47 bits per heavy atom. The third-order valence-corrected chi connectivity index (χ3v) is 3.41. The Balaban J connectivity index is 2.02. The molecule has 2 N–H and O–H groups in total. The largest absolute Gasteiger partial charge is 0.328 e. The molecular weight excluding hydrogens is 188 g/mol. The fourth-order valence-corrected chi connectivity index (χ4v) is 2.29. The molecule has 2 heterocycles. The van der Waals surface area contributed by atoms with Crippen molar-refractivity contribution < 1.29 is 0 Å². The van der Waals surface area contributed by atoms with Gasteiger partial charge in [0.2, 0.25) is 0 Å². The Labute approximate surface area is 91.1 Å². The first kappa shape index (κ1) is 10.6. The first-order valence-corrected chi connectivity index (χ1v) is 5.66. The molecule has 0 radical (unpaired) electrons. The summed E-state index contributed by atoms with van der Waals surface area (Å²) in [5, 5.41) is 4.21. The number of aromatic nitrogens is 2. The van der Waals surface area contributed by atoms with Crippen molar-refractivity contribution in [2.75, 3.05) is 13.1 Å². The molecule has 1 aromatic heterocycles. The minimum atomic E-state index is 0.403. The molecule has 1 unspecified atom stereocenters. The predicted molar refractivity (Wildman–Crippen MR) is 60.4 cm³/mol. The second kappa shape index (κ2) is 4.33. The van der Waals surface area contributed by atoms with Crippen LogP contribution in [0, 0.1) is 0 Å². The summed E-state index contributed by atoms with van der Waals surface area (Å²) in [5.74, 6) is 0. The first-order chi connectivity index (χ1) is 7.18.